The van der Waals surface area contributed by atoms with Gasteiger partial charge in [0.25, 0.3) is 0 Å². The largest absolute Gasteiger partial charge is 0.379 e. The number of aryl methyl sites for hydroxylation is 1. The second-order valence-electron chi connectivity index (χ2n) is 4.88. The maximum atomic E-state index is 5.34. The SMILES string of the molecule is Cc1ccccc1CCNCCN1CCOCC1. The van der Waals surface area contributed by atoms with Gasteiger partial charge >= 0.3 is 0 Å². The molecule has 0 atom stereocenters. The molecule has 2 rings (SSSR count). The number of nitrogens with zero attached hydrogens (tertiary/aromatic N) is 1. The molecule has 1 aromatic rings. The van der Waals surface area contributed by atoms with E-state index in [2.05, 4.69) is 41.4 Å². The molecule has 1 aromatic carbocycles. The highest BCUT2D eigenvalue weighted by atomic mass is 16.5. The minimum Gasteiger partial charge on any atom is -0.379 e. The van der Waals surface area contributed by atoms with Gasteiger partial charge in [0, 0.05) is 26.2 Å². The van der Waals surface area contributed by atoms with Crippen molar-refractivity contribution >= 4 is 0 Å². The summed E-state index contributed by atoms with van der Waals surface area (Å²) < 4.78 is 5.34. The molecule has 1 saturated heterocycles. The molecule has 18 heavy (non-hydrogen) atoms. The van der Waals surface area contributed by atoms with Crippen LogP contribution in [0.25, 0.3) is 0 Å². The lowest BCUT2D eigenvalue weighted by Gasteiger charge is -2.26. The van der Waals surface area contributed by atoms with Crippen molar-refractivity contribution in [1.82, 2.24) is 10.2 Å². The Balaban J connectivity index is 1.57. The molecule has 0 amide bonds. The Hall–Kier alpha value is -0.900. The van der Waals surface area contributed by atoms with Crippen LogP contribution in [-0.2, 0) is 11.2 Å². The highest BCUT2D eigenvalue weighted by Crippen LogP contribution is 2.06. The normalized spacial score (nSPS) is 16.9. The fourth-order valence-corrected chi connectivity index (χ4v) is 2.30. The summed E-state index contributed by atoms with van der Waals surface area (Å²) in [5.41, 5.74) is 2.85. The summed E-state index contributed by atoms with van der Waals surface area (Å²) >= 11 is 0. The van der Waals surface area contributed by atoms with Crippen LogP contribution in [0.4, 0.5) is 0 Å². The maximum absolute atomic E-state index is 5.34. The molecule has 1 aliphatic rings. The van der Waals surface area contributed by atoms with Gasteiger partial charge in [0.15, 0.2) is 0 Å². The summed E-state index contributed by atoms with van der Waals surface area (Å²) in [6.07, 6.45) is 1.12. The number of rotatable bonds is 6. The lowest BCUT2D eigenvalue weighted by atomic mass is 10.1. The number of ether oxygens (including phenoxy) is 1. The Bertz CT molecular complexity index is 348. The van der Waals surface area contributed by atoms with E-state index in [1.807, 2.05) is 0 Å². The minimum absolute atomic E-state index is 0.892. The Labute approximate surface area is 110 Å². The van der Waals surface area contributed by atoms with E-state index in [4.69, 9.17) is 4.74 Å². The summed E-state index contributed by atoms with van der Waals surface area (Å²) in [5, 5.41) is 3.53. The van der Waals surface area contributed by atoms with E-state index < -0.39 is 0 Å². The molecule has 0 spiro atoms. The molecular formula is C15H24N2O. The van der Waals surface area contributed by atoms with Gasteiger partial charge < -0.3 is 10.1 Å². The van der Waals surface area contributed by atoms with E-state index in [1.54, 1.807) is 0 Å². The van der Waals surface area contributed by atoms with E-state index >= 15 is 0 Å². The Morgan fingerprint density at radius 3 is 2.72 bits per heavy atom. The van der Waals surface area contributed by atoms with E-state index in [9.17, 15) is 0 Å². The Morgan fingerprint density at radius 2 is 1.94 bits per heavy atom. The molecule has 0 aromatic heterocycles. The lowest BCUT2D eigenvalue weighted by molar-refractivity contribution is 0.0385. The second-order valence-corrected chi connectivity index (χ2v) is 4.88. The predicted molar refractivity (Wildman–Crippen MR) is 75.0 cm³/mol. The first-order valence-corrected chi connectivity index (χ1v) is 6.91. The summed E-state index contributed by atoms with van der Waals surface area (Å²) in [6, 6.07) is 8.63. The Morgan fingerprint density at radius 1 is 1.17 bits per heavy atom. The zero-order valence-corrected chi connectivity index (χ0v) is 11.3. The molecule has 3 heteroatoms. The van der Waals surface area contributed by atoms with Crippen LogP contribution in [0, 0.1) is 6.92 Å². The molecule has 1 fully saturated rings. The monoisotopic (exact) mass is 248 g/mol. The first kappa shape index (κ1) is 13.5. The zero-order valence-electron chi connectivity index (χ0n) is 11.3. The highest BCUT2D eigenvalue weighted by Gasteiger charge is 2.08. The van der Waals surface area contributed by atoms with Crippen LogP contribution >= 0.6 is 0 Å². The maximum Gasteiger partial charge on any atom is 0.0594 e. The van der Waals surface area contributed by atoms with Crippen LogP contribution in [0.1, 0.15) is 11.1 Å². The molecular weight excluding hydrogens is 224 g/mol. The van der Waals surface area contributed by atoms with Crippen LogP contribution in [-0.4, -0.2) is 50.8 Å². The second kappa shape index (κ2) is 7.52. The quantitative estimate of drug-likeness (QED) is 0.771. The minimum atomic E-state index is 0.892. The van der Waals surface area contributed by atoms with Gasteiger partial charge in [0.2, 0.25) is 0 Å². The number of benzene rings is 1. The topological polar surface area (TPSA) is 24.5 Å². The van der Waals surface area contributed by atoms with E-state index in [-0.39, 0.29) is 0 Å². The third kappa shape index (κ3) is 4.41. The molecule has 0 bridgehead atoms. The van der Waals surface area contributed by atoms with Crippen molar-refractivity contribution in [1.29, 1.82) is 0 Å². The molecule has 0 unspecified atom stereocenters. The third-order valence-electron chi connectivity index (χ3n) is 3.54. The smallest absolute Gasteiger partial charge is 0.0594 e. The first-order valence-electron chi connectivity index (χ1n) is 6.91. The molecule has 0 saturated carbocycles. The zero-order chi connectivity index (χ0) is 12.6. The van der Waals surface area contributed by atoms with Crippen LogP contribution < -0.4 is 5.32 Å². The van der Waals surface area contributed by atoms with Gasteiger partial charge in [0.05, 0.1) is 13.2 Å². The molecule has 100 valence electrons. The number of hydrogen-bond acceptors (Lipinski definition) is 3. The molecule has 1 heterocycles. The van der Waals surface area contributed by atoms with Crippen molar-refractivity contribution in [2.75, 3.05) is 45.9 Å². The average molecular weight is 248 g/mol. The number of hydrogen-bond donors (Lipinski definition) is 1. The van der Waals surface area contributed by atoms with Crippen LogP contribution in [0.15, 0.2) is 24.3 Å². The Kier molecular flexibility index (Phi) is 5.65. The fraction of sp³-hybridized carbons (Fsp3) is 0.600. The van der Waals surface area contributed by atoms with Crippen LogP contribution in [0.2, 0.25) is 0 Å². The number of nitrogens with one attached hydrogen (secondary N) is 1. The van der Waals surface area contributed by atoms with Crippen molar-refractivity contribution in [3.05, 3.63) is 35.4 Å². The van der Waals surface area contributed by atoms with Gasteiger partial charge in [0.1, 0.15) is 0 Å². The lowest BCUT2D eigenvalue weighted by Crippen LogP contribution is -2.40. The standard InChI is InChI=1S/C15H24N2O/c1-14-4-2-3-5-15(14)6-7-16-8-9-17-10-12-18-13-11-17/h2-5,16H,6-13H2,1H3. The van der Waals surface area contributed by atoms with Crippen molar-refractivity contribution in [3.8, 4) is 0 Å². The predicted octanol–water partition coefficient (Wildman–Crippen LogP) is 1.46. The molecule has 3 nitrogen and oxygen atoms in total. The van der Waals surface area contributed by atoms with Crippen LogP contribution in [0.5, 0.6) is 0 Å². The van der Waals surface area contributed by atoms with Crippen molar-refractivity contribution in [2.45, 2.75) is 13.3 Å². The van der Waals surface area contributed by atoms with Crippen molar-refractivity contribution < 1.29 is 4.74 Å². The van der Waals surface area contributed by atoms with Crippen molar-refractivity contribution in [3.63, 3.8) is 0 Å². The summed E-state index contributed by atoms with van der Waals surface area (Å²) in [4.78, 5) is 2.46. The van der Waals surface area contributed by atoms with Gasteiger partial charge in [-0.1, -0.05) is 24.3 Å². The average Bonchev–Trinajstić information content (AvgIpc) is 2.42. The van der Waals surface area contributed by atoms with E-state index in [0.29, 0.717) is 0 Å². The molecule has 0 aliphatic carbocycles. The molecule has 0 radical (unpaired) electrons. The van der Waals surface area contributed by atoms with Crippen molar-refractivity contribution in [2.24, 2.45) is 0 Å². The molecule has 1 N–H and O–H groups in total. The highest BCUT2D eigenvalue weighted by molar-refractivity contribution is 5.25. The van der Waals surface area contributed by atoms with E-state index in [1.165, 1.54) is 11.1 Å². The molecule has 1 aliphatic heterocycles. The van der Waals surface area contributed by atoms with Gasteiger partial charge in [-0.15, -0.1) is 0 Å². The van der Waals surface area contributed by atoms with Crippen LogP contribution in [0.3, 0.4) is 0 Å². The van der Waals surface area contributed by atoms with Gasteiger partial charge in [-0.05, 0) is 31.0 Å². The van der Waals surface area contributed by atoms with Gasteiger partial charge in [-0.2, -0.15) is 0 Å². The first-order chi connectivity index (χ1) is 8.86. The summed E-state index contributed by atoms with van der Waals surface area (Å²) in [6.45, 7) is 9.41. The fourth-order valence-electron chi connectivity index (χ4n) is 2.30. The number of morpholine rings is 1. The van der Waals surface area contributed by atoms with Gasteiger partial charge in [-0.25, -0.2) is 0 Å². The summed E-state index contributed by atoms with van der Waals surface area (Å²) in [7, 11) is 0. The van der Waals surface area contributed by atoms with E-state index in [0.717, 1.165) is 52.4 Å². The third-order valence-corrected chi connectivity index (χ3v) is 3.54. The van der Waals surface area contributed by atoms with Gasteiger partial charge in [-0.3, -0.25) is 4.90 Å². The summed E-state index contributed by atoms with van der Waals surface area (Å²) in [5.74, 6) is 0.